The molecule has 4 aliphatic rings. The van der Waals surface area contributed by atoms with Gasteiger partial charge < -0.3 is 20.1 Å². The SMILES string of the molecule is CC(=O)O[C@H]1C[C@@]2(C)[C@@H](C[C@@H](O)C3[C@]2(C)CC[C@H]2[C@H](C)[C@H](O)CC[C@]32C)/C1=C(\CCC(Cl)=C(C)C)C(=O)O. The Bertz CT molecular complexity index is 1040. The molecule has 0 aromatic rings. The molecule has 4 saturated carbocycles. The number of carbonyl (C=O) groups is 2. The van der Waals surface area contributed by atoms with E-state index in [1.165, 1.54) is 6.92 Å². The highest BCUT2D eigenvalue weighted by atomic mass is 35.5. The summed E-state index contributed by atoms with van der Waals surface area (Å²) in [7, 11) is 0. The molecule has 4 fully saturated rings. The van der Waals surface area contributed by atoms with Crippen molar-refractivity contribution in [3.8, 4) is 0 Å². The van der Waals surface area contributed by atoms with Crippen molar-refractivity contribution in [2.75, 3.05) is 0 Å². The van der Waals surface area contributed by atoms with Crippen molar-refractivity contribution >= 4 is 23.5 Å². The second kappa shape index (κ2) is 10.2. The van der Waals surface area contributed by atoms with E-state index in [4.69, 9.17) is 16.3 Å². The number of carboxylic acids is 1. The van der Waals surface area contributed by atoms with E-state index in [0.717, 1.165) is 31.3 Å². The second-order valence-electron chi connectivity index (χ2n) is 13.7. The number of fused-ring (bicyclic) bond motifs is 5. The fraction of sp³-hybridized carbons (Fsp3) is 0.806. The molecule has 4 rings (SSSR count). The summed E-state index contributed by atoms with van der Waals surface area (Å²) in [6.45, 7) is 14.2. The minimum atomic E-state index is -1.01. The molecule has 0 saturated heterocycles. The van der Waals surface area contributed by atoms with Gasteiger partial charge in [0.25, 0.3) is 0 Å². The lowest BCUT2D eigenvalue weighted by Gasteiger charge is -2.69. The number of carboxylic acid groups (broad SMARTS) is 1. The Balaban J connectivity index is 1.83. The Morgan fingerprint density at radius 3 is 2.24 bits per heavy atom. The summed E-state index contributed by atoms with van der Waals surface area (Å²) in [4.78, 5) is 24.9. The molecule has 0 spiro atoms. The maximum atomic E-state index is 12.7. The third-order valence-electron chi connectivity index (χ3n) is 11.8. The highest BCUT2D eigenvalue weighted by Crippen LogP contribution is 2.74. The van der Waals surface area contributed by atoms with Crippen molar-refractivity contribution < 1.29 is 29.6 Å². The van der Waals surface area contributed by atoms with E-state index >= 15 is 0 Å². The average molecular weight is 551 g/mol. The normalized spacial score (nSPS) is 45.4. The van der Waals surface area contributed by atoms with Crippen molar-refractivity contribution in [3.63, 3.8) is 0 Å². The van der Waals surface area contributed by atoms with Gasteiger partial charge in [0, 0.05) is 17.5 Å². The monoisotopic (exact) mass is 550 g/mol. The molecular weight excluding hydrogens is 504 g/mol. The molecule has 4 aliphatic carbocycles. The number of carbonyl (C=O) groups excluding carboxylic acids is 1. The summed E-state index contributed by atoms with van der Waals surface area (Å²) in [5.74, 6) is -1.09. The molecule has 0 aromatic carbocycles. The molecule has 3 N–H and O–H groups in total. The van der Waals surface area contributed by atoms with Gasteiger partial charge >= 0.3 is 11.9 Å². The van der Waals surface area contributed by atoms with Gasteiger partial charge in [-0.25, -0.2) is 4.79 Å². The Kier molecular flexibility index (Phi) is 7.97. The van der Waals surface area contributed by atoms with Crippen LogP contribution in [0, 0.1) is 39.9 Å². The van der Waals surface area contributed by atoms with Gasteiger partial charge in [-0.3, -0.25) is 4.79 Å². The highest BCUT2D eigenvalue weighted by Gasteiger charge is 2.70. The van der Waals surface area contributed by atoms with Crippen molar-refractivity contribution in [1.82, 2.24) is 0 Å². The van der Waals surface area contributed by atoms with Crippen LogP contribution in [0.2, 0.25) is 0 Å². The molecule has 214 valence electrons. The van der Waals surface area contributed by atoms with Gasteiger partial charge in [-0.15, -0.1) is 0 Å². The molecule has 0 bridgehead atoms. The number of aliphatic carboxylic acids is 1. The van der Waals surface area contributed by atoms with Crippen LogP contribution in [0.5, 0.6) is 0 Å². The summed E-state index contributed by atoms with van der Waals surface area (Å²) in [5.41, 5.74) is 1.16. The van der Waals surface area contributed by atoms with Gasteiger partial charge in [0.15, 0.2) is 0 Å². The molecule has 0 aliphatic heterocycles. The lowest BCUT2D eigenvalue weighted by Crippen LogP contribution is -2.65. The number of hydrogen-bond donors (Lipinski definition) is 3. The second-order valence-corrected chi connectivity index (χ2v) is 14.2. The third-order valence-corrected chi connectivity index (χ3v) is 12.3. The smallest absolute Gasteiger partial charge is 0.331 e. The number of ether oxygens (including phenoxy) is 1. The first-order valence-corrected chi connectivity index (χ1v) is 14.8. The predicted molar refractivity (Wildman–Crippen MR) is 147 cm³/mol. The van der Waals surface area contributed by atoms with Crippen LogP contribution >= 0.6 is 11.6 Å². The van der Waals surface area contributed by atoms with Crippen molar-refractivity contribution in [2.45, 2.75) is 118 Å². The first-order valence-electron chi connectivity index (χ1n) is 14.4. The summed E-state index contributed by atoms with van der Waals surface area (Å²) >= 11 is 6.42. The minimum Gasteiger partial charge on any atom is -0.478 e. The first kappa shape index (κ1) is 29.6. The van der Waals surface area contributed by atoms with E-state index in [1.807, 2.05) is 13.8 Å². The lowest BCUT2D eigenvalue weighted by molar-refractivity contribution is -0.234. The van der Waals surface area contributed by atoms with Crippen LogP contribution in [-0.4, -0.2) is 45.6 Å². The molecule has 7 heteroatoms. The Hall–Kier alpha value is -1.37. The fourth-order valence-electron chi connectivity index (χ4n) is 9.77. The Morgan fingerprint density at radius 1 is 1.00 bits per heavy atom. The number of halogens is 1. The molecule has 6 nitrogen and oxygen atoms in total. The summed E-state index contributed by atoms with van der Waals surface area (Å²) in [5, 5.41) is 33.6. The first-order chi connectivity index (χ1) is 17.6. The number of aliphatic hydroxyl groups excluding tert-OH is 2. The summed E-state index contributed by atoms with van der Waals surface area (Å²) in [6.07, 6.45) is 3.62. The zero-order valence-corrected chi connectivity index (χ0v) is 24.9. The molecule has 0 aromatic heterocycles. The number of aliphatic hydroxyl groups is 2. The van der Waals surface area contributed by atoms with E-state index < -0.39 is 24.1 Å². The van der Waals surface area contributed by atoms with Gasteiger partial charge in [0.2, 0.25) is 0 Å². The number of allylic oxidation sites excluding steroid dienone is 2. The van der Waals surface area contributed by atoms with Crippen molar-refractivity contribution in [3.05, 3.63) is 21.8 Å². The molecule has 0 heterocycles. The molecule has 38 heavy (non-hydrogen) atoms. The van der Waals surface area contributed by atoms with Gasteiger partial charge in [0.1, 0.15) is 6.10 Å². The molecule has 0 radical (unpaired) electrons. The predicted octanol–water partition coefficient (Wildman–Crippen LogP) is 6.23. The largest absolute Gasteiger partial charge is 0.478 e. The standard InChI is InChI=1S/C31H47ClO6/c1-16(2)22(32)9-8-19(28(36)37)26-21-14-24(35)27-29(5)12-11-23(34)17(3)20(29)10-13-30(27,6)31(21,7)15-25(26)38-18(4)33/h17,20-21,23-25,27,34-35H,8-15H2,1-7H3,(H,36,37)/b26-19-/t17-,20-,21-,23+,24+,25-,27?,29-,30-,31-/m0/s1. The summed E-state index contributed by atoms with van der Waals surface area (Å²) < 4.78 is 5.87. The quantitative estimate of drug-likeness (QED) is 0.277. The summed E-state index contributed by atoms with van der Waals surface area (Å²) in [6, 6.07) is 0. The lowest BCUT2D eigenvalue weighted by atomic mass is 9.36. The van der Waals surface area contributed by atoms with E-state index in [9.17, 15) is 24.9 Å². The highest BCUT2D eigenvalue weighted by molar-refractivity contribution is 6.29. The van der Waals surface area contributed by atoms with Crippen LogP contribution in [0.25, 0.3) is 0 Å². The Labute approximate surface area is 232 Å². The topological polar surface area (TPSA) is 104 Å². The van der Waals surface area contributed by atoms with Gasteiger partial charge in [-0.05, 0) is 111 Å². The zero-order valence-electron chi connectivity index (χ0n) is 24.1. The van der Waals surface area contributed by atoms with Gasteiger partial charge in [-0.1, -0.05) is 44.9 Å². The van der Waals surface area contributed by atoms with E-state index in [0.29, 0.717) is 35.8 Å². The van der Waals surface area contributed by atoms with E-state index in [2.05, 4.69) is 27.7 Å². The van der Waals surface area contributed by atoms with Crippen molar-refractivity contribution in [1.29, 1.82) is 0 Å². The molecule has 0 amide bonds. The molecular formula is C31H47ClO6. The average Bonchev–Trinajstić information content (AvgIpc) is 3.08. The fourth-order valence-corrected chi connectivity index (χ4v) is 9.86. The van der Waals surface area contributed by atoms with E-state index in [-0.39, 0.29) is 52.1 Å². The van der Waals surface area contributed by atoms with Gasteiger partial charge in [0.05, 0.1) is 12.2 Å². The Morgan fingerprint density at radius 2 is 1.66 bits per heavy atom. The van der Waals surface area contributed by atoms with Crippen LogP contribution in [0.3, 0.4) is 0 Å². The minimum absolute atomic E-state index is 0.0238. The maximum absolute atomic E-state index is 12.7. The van der Waals surface area contributed by atoms with Crippen LogP contribution in [0.4, 0.5) is 0 Å². The molecule has 10 atom stereocenters. The molecule has 1 unspecified atom stereocenters. The van der Waals surface area contributed by atoms with Crippen LogP contribution < -0.4 is 0 Å². The number of rotatable bonds is 5. The van der Waals surface area contributed by atoms with Crippen LogP contribution in [-0.2, 0) is 14.3 Å². The maximum Gasteiger partial charge on any atom is 0.331 e. The van der Waals surface area contributed by atoms with Crippen LogP contribution in [0.1, 0.15) is 99.8 Å². The van der Waals surface area contributed by atoms with E-state index in [1.54, 1.807) is 0 Å². The van der Waals surface area contributed by atoms with Crippen molar-refractivity contribution in [2.24, 2.45) is 39.9 Å². The van der Waals surface area contributed by atoms with Crippen LogP contribution in [0.15, 0.2) is 21.8 Å². The number of hydrogen-bond acceptors (Lipinski definition) is 5. The number of esters is 1. The van der Waals surface area contributed by atoms with Gasteiger partial charge in [-0.2, -0.15) is 0 Å². The zero-order chi connectivity index (χ0) is 28.4. The third kappa shape index (κ3) is 4.47.